The third-order valence-electron chi connectivity index (χ3n) is 4.60. The van der Waals surface area contributed by atoms with Gasteiger partial charge in [-0.2, -0.15) is 5.26 Å². The molecule has 28 heavy (non-hydrogen) atoms. The van der Waals surface area contributed by atoms with Gasteiger partial charge in [0.25, 0.3) is 0 Å². The summed E-state index contributed by atoms with van der Waals surface area (Å²) in [6, 6.07) is 20.9. The number of carbonyl (C=O) groups is 2. The lowest BCUT2D eigenvalue weighted by Gasteiger charge is -2.29. The van der Waals surface area contributed by atoms with Gasteiger partial charge in [-0.1, -0.05) is 72.4 Å². The number of carbonyl (C=O) groups excluding carboxylic acids is 2. The van der Waals surface area contributed by atoms with E-state index in [1.165, 1.54) is 18.7 Å². The van der Waals surface area contributed by atoms with Gasteiger partial charge in [-0.3, -0.25) is 9.59 Å². The number of Topliss-reactive ketones (excluding diaryl/α,β-unsaturated/α-hetero) is 2. The van der Waals surface area contributed by atoms with Crippen molar-refractivity contribution in [3.63, 3.8) is 0 Å². The molecular weight excluding hydrogens is 368 g/mol. The van der Waals surface area contributed by atoms with Crippen LogP contribution in [0.4, 0.5) is 0 Å². The molecule has 0 amide bonds. The summed E-state index contributed by atoms with van der Waals surface area (Å²) in [5, 5.41) is 13.7. The third kappa shape index (κ3) is 4.08. The predicted molar refractivity (Wildman–Crippen MR) is 112 cm³/mol. The Morgan fingerprint density at radius 1 is 1.07 bits per heavy atom. The molecule has 4 nitrogen and oxygen atoms in total. The molecule has 1 heterocycles. The molecule has 1 atom stereocenters. The second-order valence-electron chi connectivity index (χ2n) is 6.50. The Morgan fingerprint density at radius 2 is 1.68 bits per heavy atom. The molecule has 2 aromatic rings. The average Bonchev–Trinajstić information content (AvgIpc) is 2.72. The zero-order valence-corrected chi connectivity index (χ0v) is 16.5. The number of hydrogen-bond acceptors (Lipinski definition) is 5. The summed E-state index contributed by atoms with van der Waals surface area (Å²) >= 11 is 1.30. The first kappa shape index (κ1) is 19.7. The van der Waals surface area contributed by atoms with Crippen molar-refractivity contribution in [3.05, 3.63) is 93.7 Å². The topological polar surface area (TPSA) is 70.0 Å². The summed E-state index contributed by atoms with van der Waals surface area (Å²) < 4.78 is 0. The Morgan fingerprint density at radius 3 is 2.25 bits per heavy atom. The largest absolute Gasteiger partial charge is 0.353 e. The van der Waals surface area contributed by atoms with Gasteiger partial charge >= 0.3 is 0 Å². The fourth-order valence-electron chi connectivity index (χ4n) is 3.32. The Balaban J connectivity index is 1.95. The molecule has 140 valence electrons. The molecule has 0 unspecified atom stereocenters. The minimum atomic E-state index is -0.431. The van der Waals surface area contributed by atoms with Crippen LogP contribution in [0.3, 0.4) is 0 Å². The maximum absolute atomic E-state index is 12.5. The van der Waals surface area contributed by atoms with E-state index < -0.39 is 5.92 Å². The van der Waals surface area contributed by atoms with Gasteiger partial charge in [0.1, 0.15) is 0 Å². The van der Waals surface area contributed by atoms with Gasteiger partial charge in [-0.05, 0) is 19.4 Å². The molecule has 1 aliphatic heterocycles. The molecule has 0 saturated carbocycles. The van der Waals surface area contributed by atoms with Crippen molar-refractivity contribution in [2.75, 3.05) is 5.75 Å². The number of dihydropyridines is 1. The summed E-state index contributed by atoms with van der Waals surface area (Å²) in [5.74, 6) is -0.301. The van der Waals surface area contributed by atoms with E-state index in [-0.39, 0.29) is 17.3 Å². The lowest BCUT2D eigenvalue weighted by atomic mass is 9.81. The van der Waals surface area contributed by atoms with E-state index in [4.69, 9.17) is 0 Å². The van der Waals surface area contributed by atoms with Crippen molar-refractivity contribution in [2.45, 2.75) is 19.8 Å². The number of thioether (sulfide) groups is 1. The van der Waals surface area contributed by atoms with Gasteiger partial charge in [0, 0.05) is 16.8 Å². The molecule has 0 aromatic heterocycles. The monoisotopic (exact) mass is 388 g/mol. The van der Waals surface area contributed by atoms with Crippen LogP contribution in [0.5, 0.6) is 0 Å². The van der Waals surface area contributed by atoms with Gasteiger partial charge in [0.15, 0.2) is 11.6 Å². The van der Waals surface area contributed by atoms with Gasteiger partial charge < -0.3 is 5.32 Å². The molecular formula is C23H20N2O2S. The SMILES string of the molecule is CC(=O)C1=C(C)NC(SCC(=O)c2ccccc2)=C(C#N)[C@H]1c1ccccc1. The van der Waals surface area contributed by atoms with E-state index in [9.17, 15) is 14.9 Å². The fourth-order valence-corrected chi connectivity index (χ4v) is 4.30. The van der Waals surface area contributed by atoms with Crippen LogP contribution in [-0.4, -0.2) is 17.3 Å². The summed E-state index contributed by atoms with van der Waals surface area (Å²) in [6.45, 7) is 3.35. The summed E-state index contributed by atoms with van der Waals surface area (Å²) in [5.41, 5.74) is 3.29. The molecule has 1 aliphatic rings. The number of hydrogen-bond donors (Lipinski definition) is 1. The normalized spacial score (nSPS) is 16.4. The standard InChI is InChI=1S/C23H20N2O2S/c1-15-21(16(2)26)22(18-11-7-4-8-12-18)19(13-24)23(25-15)28-14-20(27)17-9-5-3-6-10-17/h3-12,22,25H,14H2,1-2H3/t22-/m1/s1. The van der Waals surface area contributed by atoms with Crippen molar-refractivity contribution < 1.29 is 9.59 Å². The number of nitrogens with zero attached hydrogens (tertiary/aromatic N) is 1. The second kappa shape index (κ2) is 8.73. The molecule has 0 spiro atoms. The minimum Gasteiger partial charge on any atom is -0.353 e. The van der Waals surface area contributed by atoms with Crippen LogP contribution in [0.2, 0.25) is 0 Å². The van der Waals surface area contributed by atoms with E-state index in [2.05, 4.69) is 11.4 Å². The van der Waals surface area contributed by atoms with Crippen LogP contribution < -0.4 is 5.32 Å². The first-order valence-electron chi connectivity index (χ1n) is 8.92. The number of nitriles is 1. The van der Waals surface area contributed by atoms with Gasteiger partial charge in [0.05, 0.1) is 28.3 Å². The smallest absolute Gasteiger partial charge is 0.173 e. The van der Waals surface area contributed by atoms with Gasteiger partial charge in [-0.15, -0.1) is 0 Å². The summed E-state index contributed by atoms with van der Waals surface area (Å²) in [4.78, 5) is 24.8. The highest BCUT2D eigenvalue weighted by Crippen LogP contribution is 2.40. The fraction of sp³-hybridized carbons (Fsp3) is 0.174. The number of rotatable bonds is 6. The Labute approximate surface area is 169 Å². The van der Waals surface area contributed by atoms with E-state index in [0.29, 0.717) is 21.7 Å². The lowest BCUT2D eigenvalue weighted by molar-refractivity contribution is -0.113. The highest BCUT2D eigenvalue weighted by atomic mass is 32.2. The maximum Gasteiger partial charge on any atom is 0.173 e. The molecule has 2 aromatic carbocycles. The lowest BCUT2D eigenvalue weighted by Crippen LogP contribution is -2.27. The van der Waals surface area contributed by atoms with Crippen LogP contribution in [0, 0.1) is 11.3 Å². The van der Waals surface area contributed by atoms with E-state index in [1.54, 1.807) is 12.1 Å². The van der Waals surface area contributed by atoms with Crippen LogP contribution in [0.15, 0.2) is 82.5 Å². The van der Waals surface area contributed by atoms with Crippen LogP contribution >= 0.6 is 11.8 Å². The molecule has 5 heteroatoms. The predicted octanol–water partition coefficient (Wildman–Crippen LogP) is 4.59. The van der Waals surface area contributed by atoms with Crippen molar-refractivity contribution in [2.24, 2.45) is 0 Å². The maximum atomic E-state index is 12.5. The minimum absolute atomic E-state index is 0.00699. The van der Waals surface area contributed by atoms with Crippen molar-refractivity contribution in [1.29, 1.82) is 5.26 Å². The zero-order chi connectivity index (χ0) is 20.1. The van der Waals surface area contributed by atoms with Crippen molar-refractivity contribution >= 4 is 23.3 Å². The quantitative estimate of drug-likeness (QED) is 0.733. The number of nitrogens with one attached hydrogen (secondary N) is 1. The Kier molecular flexibility index (Phi) is 6.13. The molecule has 0 fully saturated rings. The average molecular weight is 388 g/mol. The van der Waals surface area contributed by atoms with Crippen LogP contribution in [-0.2, 0) is 4.79 Å². The van der Waals surface area contributed by atoms with Crippen molar-refractivity contribution in [1.82, 2.24) is 5.32 Å². The Hall–Kier alpha value is -3.10. The molecule has 1 N–H and O–H groups in total. The number of allylic oxidation sites excluding steroid dienone is 3. The van der Waals surface area contributed by atoms with Crippen LogP contribution in [0.25, 0.3) is 0 Å². The van der Waals surface area contributed by atoms with E-state index in [1.807, 2.05) is 55.5 Å². The van der Waals surface area contributed by atoms with Crippen LogP contribution in [0.1, 0.15) is 35.7 Å². The summed E-state index contributed by atoms with van der Waals surface area (Å²) in [7, 11) is 0. The second-order valence-corrected chi connectivity index (χ2v) is 7.48. The first-order valence-corrected chi connectivity index (χ1v) is 9.90. The highest BCUT2D eigenvalue weighted by molar-refractivity contribution is 8.03. The van der Waals surface area contributed by atoms with Crippen molar-refractivity contribution in [3.8, 4) is 6.07 Å². The van der Waals surface area contributed by atoms with E-state index >= 15 is 0 Å². The molecule has 3 rings (SSSR count). The van der Waals surface area contributed by atoms with Gasteiger partial charge in [0.2, 0.25) is 0 Å². The number of benzene rings is 2. The number of ketones is 2. The molecule has 0 aliphatic carbocycles. The first-order chi connectivity index (χ1) is 13.5. The third-order valence-corrected chi connectivity index (χ3v) is 5.62. The van der Waals surface area contributed by atoms with Gasteiger partial charge in [-0.25, -0.2) is 0 Å². The van der Waals surface area contributed by atoms with E-state index in [0.717, 1.165) is 11.3 Å². The zero-order valence-electron chi connectivity index (χ0n) is 15.7. The molecule has 0 radical (unpaired) electrons. The molecule has 0 bridgehead atoms. The summed E-state index contributed by atoms with van der Waals surface area (Å²) in [6.07, 6.45) is 0. The molecule has 0 saturated heterocycles. The highest BCUT2D eigenvalue weighted by Gasteiger charge is 2.33. The Bertz CT molecular complexity index is 1000.